The molecule has 0 aromatic rings. The Balaban J connectivity index is 3.72. The van der Waals surface area contributed by atoms with Crippen molar-refractivity contribution in [3.8, 4) is 0 Å². The number of hydrogen-bond acceptors (Lipinski definition) is 5. The zero-order valence-corrected chi connectivity index (χ0v) is 12.6. The number of quaternary nitrogens is 1. The number of phosphoric acid groups is 1. The minimum absolute atomic E-state index is 0.127. The number of nitrogens with zero attached hydrogens (tertiary/aromatic N) is 1. The third-order valence-electron chi connectivity index (χ3n) is 1.98. The monoisotopic (exact) mass is 296 g/mol. The van der Waals surface area contributed by atoms with Gasteiger partial charge in [-0.15, -0.1) is 0 Å². The van der Waals surface area contributed by atoms with Gasteiger partial charge >= 0.3 is 13.8 Å². The van der Waals surface area contributed by atoms with Crippen molar-refractivity contribution in [2.24, 2.45) is 0 Å². The molecule has 0 amide bonds. The van der Waals surface area contributed by atoms with E-state index in [-0.39, 0.29) is 19.8 Å². The lowest BCUT2D eigenvalue weighted by Gasteiger charge is -2.23. The average molecular weight is 296 g/mol. The van der Waals surface area contributed by atoms with Crippen molar-refractivity contribution in [1.29, 1.82) is 0 Å². The zero-order valence-electron chi connectivity index (χ0n) is 11.7. The van der Waals surface area contributed by atoms with Gasteiger partial charge in [-0.3, -0.25) is 9.05 Å². The minimum atomic E-state index is -4.07. The summed E-state index contributed by atoms with van der Waals surface area (Å²) < 4.78 is 26.1. The SMILES string of the molecule is C=CC(=O)OCCOP(=O)(O)OCCC[N+](C)(C)C. The van der Waals surface area contributed by atoms with Crippen molar-refractivity contribution in [3.63, 3.8) is 0 Å². The molecule has 0 saturated heterocycles. The Morgan fingerprint density at radius 2 is 1.84 bits per heavy atom. The lowest BCUT2D eigenvalue weighted by Crippen LogP contribution is -2.35. The quantitative estimate of drug-likeness (QED) is 0.212. The molecule has 0 spiro atoms. The number of carbonyl (C=O) groups is 1. The molecular weight excluding hydrogens is 273 g/mol. The van der Waals surface area contributed by atoms with Gasteiger partial charge in [0.05, 0.1) is 40.9 Å². The van der Waals surface area contributed by atoms with Crippen LogP contribution >= 0.6 is 7.82 Å². The molecule has 0 aliphatic heterocycles. The second kappa shape index (κ2) is 8.45. The van der Waals surface area contributed by atoms with E-state index in [9.17, 15) is 14.3 Å². The van der Waals surface area contributed by atoms with Gasteiger partial charge in [0.2, 0.25) is 0 Å². The molecular formula is C11H23NO6P+. The van der Waals surface area contributed by atoms with Crippen LogP contribution in [0.1, 0.15) is 6.42 Å². The fraction of sp³-hybridized carbons (Fsp3) is 0.727. The number of esters is 1. The van der Waals surface area contributed by atoms with Crippen LogP contribution in [-0.4, -0.2) is 62.9 Å². The summed E-state index contributed by atoms with van der Waals surface area (Å²) in [5.74, 6) is -0.611. The first-order valence-electron chi connectivity index (χ1n) is 5.88. The summed E-state index contributed by atoms with van der Waals surface area (Å²) >= 11 is 0. The fourth-order valence-corrected chi connectivity index (χ4v) is 1.85. The van der Waals surface area contributed by atoms with E-state index in [1.54, 1.807) is 0 Å². The first-order valence-corrected chi connectivity index (χ1v) is 7.37. The summed E-state index contributed by atoms with van der Waals surface area (Å²) in [7, 11) is 1.98. The van der Waals surface area contributed by atoms with Crippen LogP contribution in [0.15, 0.2) is 12.7 Å². The van der Waals surface area contributed by atoms with E-state index in [0.717, 1.165) is 17.1 Å². The Kier molecular flexibility index (Phi) is 8.13. The first-order chi connectivity index (χ1) is 8.66. The summed E-state index contributed by atoms with van der Waals surface area (Å²) in [6, 6.07) is 0. The summed E-state index contributed by atoms with van der Waals surface area (Å²) in [6.07, 6.45) is 1.64. The first kappa shape index (κ1) is 18.3. The Morgan fingerprint density at radius 3 is 2.37 bits per heavy atom. The Morgan fingerprint density at radius 1 is 1.26 bits per heavy atom. The molecule has 0 radical (unpaired) electrons. The topological polar surface area (TPSA) is 82.1 Å². The molecule has 1 unspecified atom stereocenters. The van der Waals surface area contributed by atoms with Gasteiger partial charge in [-0.25, -0.2) is 9.36 Å². The molecule has 0 aromatic carbocycles. The molecule has 112 valence electrons. The molecule has 0 bridgehead atoms. The van der Waals surface area contributed by atoms with Crippen molar-refractivity contribution in [2.45, 2.75) is 6.42 Å². The minimum Gasteiger partial charge on any atom is -0.460 e. The van der Waals surface area contributed by atoms with Gasteiger partial charge in [-0.05, 0) is 0 Å². The van der Waals surface area contributed by atoms with Gasteiger partial charge in [0.25, 0.3) is 0 Å². The van der Waals surface area contributed by atoms with Gasteiger partial charge in [0.15, 0.2) is 0 Å². The molecule has 0 fully saturated rings. The summed E-state index contributed by atoms with van der Waals surface area (Å²) in [5.41, 5.74) is 0. The predicted octanol–water partition coefficient (Wildman–Crippen LogP) is 0.945. The van der Waals surface area contributed by atoms with E-state index in [1.807, 2.05) is 21.1 Å². The van der Waals surface area contributed by atoms with Crippen LogP contribution in [0.3, 0.4) is 0 Å². The molecule has 0 aliphatic carbocycles. The van der Waals surface area contributed by atoms with Gasteiger partial charge < -0.3 is 14.1 Å². The van der Waals surface area contributed by atoms with Gasteiger partial charge in [0, 0.05) is 12.5 Å². The van der Waals surface area contributed by atoms with Crippen molar-refractivity contribution < 1.29 is 32.5 Å². The second-order valence-corrected chi connectivity index (χ2v) is 6.33. The molecule has 0 saturated carbocycles. The number of ether oxygens (including phenoxy) is 1. The van der Waals surface area contributed by atoms with E-state index < -0.39 is 13.8 Å². The molecule has 0 rings (SSSR count). The lowest BCUT2D eigenvalue weighted by atomic mass is 10.4. The van der Waals surface area contributed by atoms with Crippen LogP contribution in [-0.2, 0) is 23.1 Å². The lowest BCUT2D eigenvalue weighted by molar-refractivity contribution is -0.870. The highest BCUT2D eigenvalue weighted by molar-refractivity contribution is 7.47. The van der Waals surface area contributed by atoms with E-state index in [2.05, 4.69) is 15.8 Å². The van der Waals surface area contributed by atoms with E-state index in [4.69, 9.17) is 4.52 Å². The van der Waals surface area contributed by atoms with Crippen LogP contribution in [0.4, 0.5) is 0 Å². The number of rotatable bonds is 10. The van der Waals surface area contributed by atoms with Crippen molar-refractivity contribution in [3.05, 3.63) is 12.7 Å². The normalized spacial score (nSPS) is 14.7. The maximum atomic E-state index is 11.4. The molecule has 1 atom stereocenters. The summed E-state index contributed by atoms with van der Waals surface area (Å²) in [4.78, 5) is 20.0. The molecule has 0 heterocycles. The Hall–Kier alpha value is -0.720. The molecule has 0 aromatic heterocycles. The highest BCUT2D eigenvalue weighted by Gasteiger charge is 2.21. The van der Waals surface area contributed by atoms with Crippen molar-refractivity contribution >= 4 is 13.8 Å². The fourth-order valence-electron chi connectivity index (χ4n) is 1.11. The predicted molar refractivity (Wildman–Crippen MR) is 70.4 cm³/mol. The van der Waals surface area contributed by atoms with Crippen molar-refractivity contribution in [2.75, 3.05) is 47.5 Å². The van der Waals surface area contributed by atoms with Crippen LogP contribution in [0, 0.1) is 0 Å². The zero-order chi connectivity index (χ0) is 14.9. The average Bonchev–Trinajstić information content (AvgIpc) is 2.29. The standard InChI is InChI=1S/C11H22NO6P/c1-5-11(13)16-9-10-18-19(14,15)17-8-6-7-12(2,3)4/h5H,1,6-10H2,2-4H3/p+1. The summed E-state index contributed by atoms with van der Waals surface area (Å²) in [6.45, 7) is 3.83. The van der Waals surface area contributed by atoms with E-state index in [0.29, 0.717) is 6.42 Å². The molecule has 0 aliphatic rings. The summed E-state index contributed by atoms with van der Waals surface area (Å²) in [5, 5.41) is 0. The van der Waals surface area contributed by atoms with Crippen LogP contribution in [0.5, 0.6) is 0 Å². The Bertz CT molecular complexity index is 339. The van der Waals surface area contributed by atoms with E-state index in [1.165, 1.54) is 0 Å². The van der Waals surface area contributed by atoms with Crippen LogP contribution in [0.25, 0.3) is 0 Å². The van der Waals surface area contributed by atoms with Gasteiger partial charge in [-0.2, -0.15) is 0 Å². The maximum Gasteiger partial charge on any atom is 0.472 e. The number of hydrogen-bond donors (Lipinski definition) is 1. The third kappa shape index (κ3) is 12.1. The molecule has 7 nitrogen and oxygen atoms in total. The largest absolute Gasteiger partial charge is 0.472 e. The highest BCUT2D eigenvalue weighted by Crippen LogP contribution is 2.42. The van der Waals surface area contributed by atoms with Gasteiger partial charge in [0.1, 0.15) is 6.61 Å². The van der Waals surface area contributed by atoms with E-state index >= 15 is 0 Å². The van der Waals surface area contributed by atoms with Crippen LogP contribution in [0.2, 0.25) is 0 Å². The molecule has 19 heavy (non-hydrogen) atoms. The van der Waals surface area contributed by atoms with Crippen molar-refractivity contribution in [1.82, 2.24) is 0 Å². The molecule has 1 N–H and O–H groups in total. The third-order valence-corrected chi connectivity index (χ3v) is 2.99. The number of carbonyl (C=O) groups excluding carboxylic acids is 1. The van der Waals surface area contributed by atoms with Gasteiger partial charge in [-0.1, -0.05) is 6.58 Å². The maximum absolute atomic E-state index is 11.4. The smallest absolute Gasteiger partial charge is 0.460 e. The second-order valence-electron chi connectivity index (χ2n) is 4.87. The highest BCUT2D eigenvalue weighted by atomic mass is 31.2. The number of phosphoric ester groups is 1. The van der Waals surface area contributed by atoms with Crippen LogP contribution < -0.4 is 0 Å². The Labute approximate surface area is 114 Å². The molecule has 8 heteroatoms.